The number of furan rings is 1. The summed E-state index contributed by atoms with van der Waals surface area (Å²) in [6, 6.07) is 17.1. The van der Waals surface area contributed by atoms with Gasteiger partial charge in [-0.3, -0.25) is 4.79 Å². The van der Waals surface area contributed by atoms with Crippen LogP contribution in [0.5, 0.6) is 11.5 Å². The van der Waals surface area contributed by atoms with Crippen LogP contribution >= 0.6 is 0 Å². The lowest BCUT2D eigenvalue weighted by molar-refractivity contribution is -0.136. The zero-order valence-electron chi connectivity index (χ0n) is 16.1. The zero-order valence-corrected chi connectivity index (χ0v) is 16.1. The summed E-state index contributed by atoms with van der Waals surface area (Å²) >= 11 is 0. The van der Waals surface area contributed by atoms with Crippen molar-refractivity contribution in [3.8, 4) is 22.8 Å². The molecule has 0 aliphatic carbocycles. The van der Waals surface area contributed by atoms with Gasteiger partial charge in [0.05, 0.1) is 20.1 Å². The Morgan fingerprint density at radius 2 is 1.86 bits per heavy atom. The molecule has 3 aromatic rings. The minimum absolute atomic E-state index is 0.00153. The predicted molar refractivity (Wildman–Crippen MR) is 107 cm³/mol. The maximum absolute atomic E-state index is 10.8. The first-order valence-corrected chi connectivity index (χ1v) is 9.22. The Morgan fingerprint density at radius 3 is 2.64 bits per heavy atom. The van der Waals surface area contributed by atoms with Crippen LogP contribution in [0.25, 0.3) is 11.3 Å². The first-order chi connectivity index (χ1) is 13.5. The summed E-state index contributed by atoms with van der Waals surface area (Å²) < 4.78 is 17.0. The first kappa shape index (κ1) is 19.5. The van der Waals surface area contributed by atoms with Gasteiger partial charge in [0.1, 0.15) is 23.0 Å². The molecular formula is C23H24O5. The van der Waals surface area contributed by atoms with E-state index in [4.69, 9.17) is 19.0 Å². The number of rotatable bonds is 9. The molecule has 146 valence electrons. The molecule has 5 nitrogen and oxygen atoms in total. The highest BCUT2D eigenvalue weighted by molar-refractivity contribution is 5.70. The molecule has 0 aliphatic rings. The Morgan fingerprint density at radius 1 is 1.07 bits per heavy atom. The molecular weight excluding hydrogens is 356 g/mol. The molecule has 1 aromatic heterocycles. The Hall–Kier alpha value is -3.21. The van der Waals surface area contributed by atoms with Crippen molar-refractivity contribution in [1.29, 1.82) is 0 Å². The average molecular weight is 380 g/mol. The maximum atomic E-state index is 10.8. The molecule has 1 N–H and O–H groups in total. The average Bonchev–Trinajstić information content (AvgIpc) is 3.06. The van der Waals surface area contributed by atoms with Crippen LogP contribution < -0.4 is 9.47 Å². The second-order valence-electron chi connectivity index (χ2n) is 6.59. The van der Waals surface area contributed by atoms with E-state index in [0.29, 0.717) is 12.4 Å². The summed E-state index contributed by atoms with van der Waals surface area (Å²) in [5.41, 5.74) is 2.87. The van der Waals surface area contributed by atoms with Crippen molar-refractivity contribution >= 4 is 5.97 Å². The normalized spacial score (nSPS) is 10.6. The van der Waals surface area contributed by atoms with Crippen molar-refractivity contribution < 1.29 is 23.8 Å². The lowest BCUT2D eigenvalue weighted by Crippen LogP contribution is -2.02. The second-order valence-corrected chi connectivity index (χ2v) is 6.59. The van der Waals surface area contributed by atoms with E-state index in [1.807, 2.05) is 43.3 Å². The van der Waals surface area contributed by atoms with Crippen LogP contribution in [0.4, 0.5) is 0 Å². The number of methoxy groups -OCH3 is 1. The number of hydrogen-bond acceptors (Lipinski definition) is 4. The topological polar surface area (TPSA) is 68.9 Å². The van der Waals surface area contributed by atoms with Gasteiger partial charge in [0.25, 0.3) is 0 Å². The highest BCUT2D eigenvalue weighted by Gasteiger charge is 2.10. The van der Waals surface area contributed by atoms with E-state index in [0.717, 1.165) is 46.8 Å². The van der Waals surface area contributed by atoms with Crippen LogP contribution in [-0.4, -0.2) is 24.8 Å². The van der Waals surface area contributed by atoms with E-state index in [-0.39, 0.29) is 6.42 Å². The highest BCUT2D eigenvalue weighted by atomic mass is 16.5. The van der Waals surface area contributed by atoms with Crippen LogP contribution in [0.3, 0.4) is 0 Å². The molecule has 0 saturated carbocycles. The SMILES string of the molecule is COc1cccc(-c2cc(CCCOc3cccc(CC(=O)O)c3)c(C)o2)c1. The van der Waals surface area contributed by atoms with Crippen LogP contribution in [0.2, 0.25) is 0 Å². The van der Waals surface area contributed by atoms with Gasteiger partial charge in [-0.2, -0.15) is 0 Å². The van der Waals surface area contributed by atoms with Gasteiger partial charge in [-0.1, -0.05) is 24.3 Å². The minimum Gasteiger partial charge on any atom is -0.497 e. The molecule has 0 saturated heterocycles. The van der Waals surface area contributed by atoms with Gasteiger partial charge in [-0.15, -0.1) is 0 Å². The summed E-state index contributed by atoms with van der Waals surface area (Å²) in [6.45, 7) is 2.52. The molecule has 2 aromatic carbocycles. The van der Waals surface area contributed by atoms with E-state index < -0.39 is 5.97 Å². The third kappa shape index (κ3) is 5.16. The third-order valence-corrected chi connectivity index (χ3v) is 4.49. The molecule has 28 heavy (non-hydrogen) atoms. The van der Waals surface area contributed by atoms with E-state index in [2.05, 4.69) is 6.07 Å². The van der Waals surface area contributed by atoms with Crippen LogP contribution in [0, 0.1) is 6.92 Å². The summed E-state index contributed by atoms with van der Waals surface area (Å²) in [4.78, 5) is 10.8. The molecule has 0 fully saturated rings. The fraction of sp³-hybridized carbons (Fsp3) is 0.261. The van der Waals surface area contributed by atoms with Crippen molar-refractivity contribution in [2.24, 2.45) is 0 Å². The molecule has 0 aliphatic heterocycles. The van der Waals surface area contributed by atoms with E-state index >= 15 is 0 Å². The summed E-state index contributed by atoms with van der Waals surface area (Å²) in [6.07, 6.45) is 1.67. The number of benzene rings is 2. The molecule has 0 atom stereocenters. The first-order valence-electron chi connectivity index (χ1n) is 9.22. The van der Waals surface area contributed by atoms with Crippen molar-refractivity contribution in [3.05, 3.63) is 71.5 Å². The van der Waals surface area contributed by atoms with Gasteiger partial charge in [0.2, 0.25) is 0 Å². The largest absolute Gasteiger partial charge is 0.497 e. The summed E-state index contributed by atoms with van der Waals surface area (Å²) in [7, 11) is 1.65. The van der Waals surface area contributed by atoms with Crippen molar-refractivity contribution in [2.45, 2.75) is 26.2 Å². The number of aliphatic carboxylic acids is 1. The quantitative estimate of drug-likeness (QED) is 0.535. The Labute approximate surface area is 164 Å². The van der Waals surface area contributed by atoms with Gasteiger partial charge in [0.15, 0.2) is 0 Å². The zero-order chi connectivity index (χ0) is 19.9. The molecule has 5 heteroatoms. The fourth-order valence-corrected chi connectivity index (χ4v) is 3.06. The summed E-state index contributed by atoms with van der Waals surface area (Å²) in [5, 5.41) is 8.88. The number of carbonyl (C=O) groups is 1. The van der Waals surface area contributed by atoms with Gasteiger partial charge >= 0.3 is 5.97 Å². The molecule has 0 spiro atoms. The monoisotopic (exact) mass is 380 g/mol. The lowest BCUT2D eigenvalue weighted by Gasteiger charge is -2.07. The van der Waals surface area contributed by atoms with Crippen LogP contribution in [0.15, 0.2) is 59.0 Å². The second kappa shape index (κ2) is 9.13. The minimum atomic E-state index is -0.848. The van der Waals surface area contributed by atoms with E-state index in [1.54, 1.807) is 19.2 Å². The molecule has 1 heterocycles. The van der Waals surface area contributed by atoms with E-state index in [1.165, 1.54) is 0 Å². The molecule has 0 bridgehead atoms. The Bertz CT molecular complexity index is 942. The molecule has 0 radical (unpaired) electrons. The number of carboxylic acids is 1. The number of aryl methyl sites for hydroxylation is 2. The van der Waals surface area contributed by atoms with Crippen LogP contribution in [0.1, 0.15) is 23.3 Å². The Kier molecular flexibility index (Phi) is 6.37. The van der Waals surface area contributed by atoms with Crippen molar-refractivity contribution in [2.75, 3.05) is 13.7 Å². The number of carboxylic acid groups (broad SMARTS) is 1. The number of ether oxygens (including phenoxy) is 2. The highest BCUT2D eigenvalue weighted by Crippen LogP contribution is 2.28. The summed E-state index contributed by atoms with van der Waals surface area (Å²) in [5.74, 6) is 2.38. The van der Waals surface area contributed by atoms with Crippen molar-refractivity contribution in [3.63, 3.8) is 0 Å². The van der Waals surface area contributed by atoms with Crippen molar-refractivity contribution in [1.82, 2.24) is 0 Å². The van der Waals surface area contributed by atoms with Gasteiger partial charge in [-0.25, -0.2) is 0 Å². The maximum Gasteiger partial charge on any atom is 0.307 e. The molecule has 3 rings (SSSR count). The van der Waals surface area contributed by atoms with E-state index in [9.17, 15) is 4.79 Å². The van der Waals surface area contributed by atoms with Gasteiger partial charge in [0, 0.05) is 5.56 Å². The lowest BCUT2D eigenvalue weighted by atomic mass is 10.1. The number of hydrogen-bond donors (Lipinski definition) is 1. The predicted octanol–water partition coefficient (Wildman–Crippen LogP) is 4.90. The molecule has 0 amide bonds. The third-order valence-electron chi connectivity index (χ3n) is 4.49. The van der Waals surface area contributed by atoms with Gasteiger partial charge < -0.3 is 19.0 Å². The Balaban J connectivity index is 1.55. The van der Waals surface area contributed by atoms with Gasteiger partial charge in [-0.05, 0) is 61.2 Å². The molecule has 0 unspecified atom stereocenters. The van der Waals surface area contributed by atoms with Crippen LogP contribution in [-0.2, 0) is 17.6 Å². The smallest absolute Gasteiger partial charge is 0.307 e. The fourth-order valence-electron chi connectivity index (χ4n) is 3.06. The standard InChI is InChI=1S/C23H24O5/c1-16-18(15-22(28-16)19-7-4-9-20(14-19)26-2)8-5-11-27-21-10-3-6-17(12-21)13-23(24)25/h3-4,6-7,9-10,12,14-15H,5,8,11,13H2,1-2H3,(H,24,25).